The zero-order chi connectivity index (χ0) is 15.4. The number of carbonyl (C=O) groups excluding carboxylic acids is 1. The number of carboxylic acid groups (broad SMARTS) is 1. The van der Waals surface area contributed by atoms with Crippen LogP contribution in [0.2, 0.25) is 0 Å². The van der Waals surface area contributed by atoms with E-state index >= 15 is 0 Å². The molecule has 0 bridgehead atoms. The molecule has 1 amide bonds. The molecular formula is C15H29NO4. The minimum atomic E-state index is -1.39. The van der Waals surface area contributed by atoms with Crippen molar-refractivity contribution in [1.82, 2.24) is 5.32 Å². The molecule has 5 heteroatoms. The second kappa shape index (κ2) is 10.7. The van der Waals surface area contributed by atoms with Crippen LogP contribution in [-0.4, -0.2) is 34.2 Å². The van der Waals surface area contributed by atoms with Gasteiger partial charge in [-0.25, -0.2) is 0 Å². The van der Waals surface area contributed by atoms with Crippen LogP contribution >= 0.6 is 0 Å². The van der Waals surface area contributed by atoms with Crippen molar-refractivity contribution in [2.24, 2.45) is 0 Å². The molecule has 0 spiro atoms. The number of nitrogens with one attached hydrogen (secondary N) is 1. The second-order valence-electron chi connectivity index (χ2n) is 5.72. The molecule has 0 radical (unpaired) electrons. The molecule has 0 aliphatic heterocycles. The van der Waals surface area contributed by atoms with Gasteiger partial charge in [0.15, 0.2) is 0 Å². The number of rotatable bonds is 12. The minimum Gasteiger partial charge on any atom is -0.481 e. The molecule has 0 saturated carbocycles. The van der Waals surface area contributed by atoms with Crippen LogP contribution < -0.4 is 5.32 Å². The second-order valence-corrected chi connectivity index (χ2v) is 5.72. The summed E-state index contributed by atoms with van der Waals surface area (Å²) >= 11 is 0. The van der Waals surface area contributed by atoms with Gasteiger partial charge in [-0.15, -0.1) is 0 Å². The van der Waals surface area contributed by atoms with E-state index in [0.29, 0.717) is 6.42 Å². The lowest BCUT2D eigenvalue weighted by atomic mass is 10.0. The third-order valence-corrected chi connectivity index (χ3v) is 3.21. The zero-order valence-electron chi connectivity index (χ0n) is 12.8. The molecule has 3 N–H and O–H groups in total. The lowest BCUT2D eigenvalue weighted by Crippen LogP contribution is -2.42. The number of hydrogen-bond donors (Lipinski definition) is 3. The summed E-state index contributed by atoms with van der Waals surface area (Å²) in [4.78, 5) is 22.0. The first-order chi connectivity index (χ1) is 9.37. The zero-order valence-corrected chi connectivity index (χ0v) is 12.8. The van der Waals surface area contributed by atoms with Gasteiger partial charge in [0, 0.05) is 13.0 Å². The molecule has 5 nitrogen and oxygen atoms in total. The van der Waals surface area contributed by atoms with Crippen molar-refractivity contribution in [2.45, 2.75) is 77.2 Å². The van der Waals surface area contributed by atoms with Crippen molar-refractivity contribution >= 4 is 11.9 Å². The average Bonchev–Trinajstić information content (AvgIpc) is 2.34. The van der Waals surface area contributed by atoms with E-state index in [1.165, 1.54) is 32.6 Å². The van der Waals surface area contributed by atoms with Crippen LogP contribution in [0, 0.1) is 0 Å². The van der Waals surface area contributed by atoms with Gasteiger partial charge in [0.25, 0.3) is 0 Å². The van der Waals surface area contributed by atoms with Gasteiger partial charge < -0.3 is 15.5 Å². The first-order valence-corrected chi connectivity index (χ1v) is 7.58. The quantitative estimate of drug-likeness (QED) is 0.481. The van der Waals surface area contributed by atoms with Gasteiger partial charge in [0.1, 0.15) is 0 Å². The molecule has 1 atom stereocenters. The lowest BCUT2D eigenvalue weighted by molar-refractivity contribution is -0.142. The summed E-state index contributed by atoms with van der Waals surface area (Å²) in [5, 5.41) is 20.9. The van der Waals surface area contributed by atoms with Gasteiger partial charge in [0.05, 0.1) is 12.0 Å². The third-order valence-electron chi connectivity index (χ3n) is 3.21. The Morgan fingerprint density at radius 1 is 1.05 bits per heavy atom. The van der Waals surface area contributed by atoms with E-state index in [-0.39, 0.29) is 18.9 Å². The monoisotopic (exact) mass is 287 g/mol. The van der Waals surface area contributed by atoms with Gasteiger partial charge in [-0.1, -0.05) is 45.4 Å². The highest BCUT2D eigenvalue weighted by molar-refractivity contribution is 5.76. The Labute approximate surface area is 121 Å². The molecule has 0 saturated heterocycles. The third kappa shape index (κ3) is 12.0. The number of aliphatic hydroxyl groups is 1. The van der Waals surface area contributed by atoms with E-state index in [1.54, 1.807) is 0 Å². The Morgan fingerprint density at radius 3 is 2.15 bits per heavy atom. The fourth-order valence-electron chi connectivity index (χ4n) is 2.01. The first-order valence-electron chi connectivity index (χ1n) is 7.58. The maximum atomic E-state index is 11.5. The van der Waals surface area contributed by atoms with Crippen LogP contribution in [0.25, 0.3) is 0 Å². The van der Waals surface area contributed by atoms with Crippen LogP contribution in [0.5, 0.6) is 0 Å². The number of carbonyl (C=O) groups is 2. The number of hydrogen-bond acceptors (Lipinski definition) is 3. The first kappa shape index (κ1) is 18.9. The van der Waals surface area contributed by atoms with Crippen molar-refractivity contribution < 1.29 is 19.8 Å². The summed E-state index contributed by atoms with van der Waals surface area (Å²) < 4.78 is 0. The smallest absolute Gasteiger partial charge is 0.306 e. The highest BCUT2D eigenvalue weighted by atomic mass is 16.4. The van der Waals surface area contributed by atoms with Crippen molar-refractivity contribution in [3.05, 3.63) is 0 Å². The number of unbranched alkanes of at least 4 members (excludes halogenated alkanes) is 6. The Morgan fingerprint density at radius 2 is 1.60 bits per heavy atom. The van der Waals surface area contributed by atoms with E-state index in [4.69, 9.17) is 5.11 Å². The summed E-state index contributed by atoms with van der Waals surface area (Å²) in [6.45, 7) is 3.58. The van der Waals surface area contributed by atoms with Crippen LogP contribution in [0.3, 0.4) is 0 Å². The molecule has 0 aromatic rings. The summed E-state index contributed by atoms with van der Waals surface area (Å²) in [6, 6.07) is 0. The van der Waals surface area contributed by atoms with Gasteiger partial charge in [-0.3, -0.25) is 9.59 Å². The van der Waals surface area contributed by atoms with Crippen molar-refractivity contribution in [2.75, 3.05) is 6.54 Å². The molecule has 0 fully saturated rings. The molecule has 118 valence electrons. The van der Waals surface area contributed by atoms with E-state index in [0.717, 1.165) is 19.3 Å². The molecule has 0 aromatic carbocycles. The predicted molar refractivity (Wildman–Crippen MR) is 78.5 cm³/mol. The van der Waals surface area contributed by atoms with Crippen LogP contribution in [0.4, 0.5) is 0 Å². The van der Waals surface area contributed by atoms with Crippen molar-refractivity contribution in [3.63, 3.8) is 0 Å². The SMILES string of the molecule is CCCCCCCCCC(=O)NCC(C)(O)CC(=O)O. The molecule has 20 heavy (non-hydrogen) atoms. The fraction of sp³-hybridized carbons (Fsp3) is 0.867. The Balaban J connectivity index is 3.56. The number of carboxylic acids is 1. The molecule has 0 heterocycles. The Kier molecular flexibility index (Phi) is 10.1. The van der Waals surface area contributed by atoms with E-state index in [1.807, 2.05) is 0 Å². The summed E-state index contributed by atoms with van der Waals surface area (Å²) in [7, 11) is 0. The van der Waals surface area contributed by atoms with Crippen molar-refractivity contribution in [1.29, 1.82) is 0 Å². The van der Waals surface area contributed by atoms with Gasteiger partial charge in [-0.05, 0) is 13.3 Å². The number of aliphatic carboxylic acids is 1. The van der Waals surface area contributed by atoms with Gasteiger partial charge in [-0.2, -0.15) is 0 Å². The summed E-state index contributed by atoms with van der Waals surface area (Å²) in [6.07, 6.45) is 8.12. The molecule has 0 rings (SSSR count). The predicted octanol–water partition coefficient (Wildman–Crippen LogP) is 2.47. The highest BCUT2D eigenvalue weighted by Gasteiger charge is 2.24. The molecule has 0 aromatic heterocycles. The summed E-state index contributed by atoms with van der Waals surface area (Å²) in [5.41, 5.74) is -1.39. The molecule has 0 aliphatic carbocycles. The average molecular weight is 287 g/mol. The maximum Gasteiger partial charge on any atom is 0.306 e. The lowest BCUT2D eigenvalue weighted by Gasteiger charge is -2.21. The van der Waals surface area contributed by atoms with Crippen LogP contribution in [-0.2, 0) is 9.59 Å². The molecular weight excluding hydrogens is 258 g/mol. The van der Waals surface area contributed by atoms with Crippen LogP contribution in [0.15, 0.2) is 0 Å². The fourth-order valence-corrected chi connectivity index (χ4v) is 2.01. The largest absolute Gasteiger partial charge is 0.481 e. The topological polar surface area (TPSA) is 86.6 Å². The normalized spacial score (nSPS) is 13.8. The standard InChI is InChI=1S/C15H29NO4/c1-3-4-5-6-7-8-9-10-13(17)16-12-15(2,20)11-14(18)19/h20H,3-12H2,1-2H3,(H,16,17)(H,18,19). The highest BCUT2D eigenvalue weighted by Crippen LogP contribution is 2.09. The van der Waals surface area contributed by atoms with Gasteiger partial charge >= 0.3 is 5.97 Å². The Bertz CT molecular complexity index is 290. The number of amides is 1. The van der Waals surface area contributed by atoms with Crippen LogP contribution in [0.1, 0.15) is 71.6 Å². The Hall–Kier alpha value is -1.10. The molecule has 0 aliphatic rings. The molecule has 1 unspecified atom stereocenters. The van der Waals surface area contributed by atoms with Crippen molar-refractivity contribution in [3.8, 4) is 0 Å². The van der Waals surface area contributed by atoms with Gasteiger partial charge in [0.2, 0.25) is 5.91 Å². The van der Waals surface area contributed by atoms with E-state index in [9.17, 15) is 14.7 Å². The van der Waals surface area contributed by atoms with E-state index < -0.39 is 11.6 Å². The minimum absolute atomic E-state index is 0.0192. The van der Waals surface area contributed by atoms with E-state index in [2.05, 4.69) is 12.2 Å². The summed E-state index contributed by atoms with van der Waals surface area (Å²) in [5.74, 6) is -1.19. The maximum absolute atomic E-state index is 11.5.